The Morgan fingerprint density at radius 3 is 1.44 bits per heavy atom. The topological polar surface area (TPSA) is 99.4 Å². The van der Waals surface area contributed by atoms with Gasteiger partial charge in [0.1, 0.15) is 17.3 Å². The predicted molar refractivity (Wildman–Crippen MR) is 157 cm³/mol. The second-order valence-electron chi connectivity index (χ2n) is 10.9. The van der Waals surface area contributed by atoms with Gasteiger partial charge in [-0.3, -0.25) is 0 Å². The molecule has 0 radical (unpaired) electrons. The first-order valence-electron chi connectivity index (χ1n) is 13.7. The number of halogens is 1. The quantitative estimate of drug-likeness (QED) is 0.224. The molecule has 214 valence electrons. The standard InChI is InChI=1S/C34H35ClO6/c35-41-31-33(38,23-27-17-9-3-10-18-27)34(39,24-28-19-11-4-12-20-28)32(37,22-26-15-7-2-8-16-26)30(40-31)29(36)21-25-13-5-1-6-14-25/h1-20,29-31,36-39H,21-24H2/t29?,30-,31-,32+,33+,34+/m1/s1. The Kier molecular flexibility index (Phi) is 8.92. The fourth-order valence-electron chi connectivity index (χ4n) is 6.12. The summed E-state index contributed by atoms with van der Waals surface area (Å²) < 4.78 is 11.4. The van der Waals surface area contributed by atoms with Crippen molar-refractivity contribution < 1.29 is 29.5 Å². The van der Waals surface area contributed by atoms with Gasteiger partial charge in [-0.2, -0.15) is 0 Å². The third kappa shape index (κ3) is 5.83. The molecule has 1 aliphatic heterocycles. The third-order valence-corrected chi connectivity index (χ3v) is 8.38. The van der Waals surface area contributed by atoms with Crippen LogP contribution in [0.2, 0.25) is 0 Å². The Morgan fingerprint density at radius 1 is 0.610 bits per heavy atom. The zero-order valence-corrected chi connectivity index (χ0v) is 23.3. The Bertz CT molecular complexity index is 1380. The number of hydrogen-bond donors (Lipinski definition) is 4. The zero-order chi connectivity index (χ0) is 28.9. The summed E-state index contributed by atoms with van der Waals surface area (Å²) in [6.07, 6.45) is -4.59. The van der Waals surface area contributed by atoms with Gasteiger partial charge < -0.3 is 25.2 Å². The lowest BCUT2D eigenvalue weighted by Crippen LogP contribution is -2.83. The average molecular weight is 575 g/mol. The maximum atomic E-state index is 12.9. The van der Waals surface area contributed by atoms with E-state index in [1.165, 1.54) is 0 Å². The van der Waals surface area contributed by atoms with Crippen LogP contribution in [-0.2, 0) is 34.7 Å². The van der Waals surface area contributed by atoms with Gasteiger partial charge in [-0.25, -0.2) is 4.29 Å². The van der Waals surface area contributed by atoms with Crippen LogP contribution >= 0.6 is 11.9 Å². The van der Waals surface area contributed by atoms with Crippen LogP contribution in [0.1, 0.15) is 22.3 Å². The van der Waals surface area contributed by atoms with E-state index in [1.807, 2.05) is 109 Å². The van der Waals surface area contributed by atoms with Crippen molar-refractivity contribution >= 4 is 11.9 Å². The molecule has 1 aliphatic rings. The SMILES string of the molecule is OC(Cc1ccccc1)[C@H]1O[C@H](OCl)[C@@](O)(Cc2ccccc2)[C@](O)(Cc2ccccc2)[C@]1(O)Cc1ccccc1. The number of aliphatic hydroxyl groups excluding tert-OH is 1. The van der Waals surface area contributed by atoms with Crippen molar-refractivity contribution in [3.05, 3.63) is 144 Å². The van der Waals surface area contributed by atoms with E-state index in [9.17, 15) is 20.4 Å². The summed E-state index contributed by atoms with van der Waals surface area (Å²) in [5.74, 6) is 0. The Morgan fingerprint density at radius 2 is 1.00 bits per heavy atom. The summed E-state index contributed by atoms with van der Waals surface area (Å²) >= 11 is 5.99. The maximum absolute atomic E-state index is 12.9. The molecule has 0 aromatic heterocycles. The van der Waals surface area contributed by atoms with Crippen molar-refractivity contribution in [1.29, 1.82) is 0 Å². The number of hydrogen-bond acceptors (Lipinski definition) is 6. The molecule has 6 atom stereocenters. The average Bonchev–Trinajstić information content (AvgIpc) is 2.98. The molecular formula is C34H35ClO6. The van der Waals surface area contributed by atoms with Crippen LogP contribution in [0.5, 0.6) is 0 Å². The molecule has 1 saturated heterocycles. The van der Waals surface area contributed by atoms with E-state index in [2.05, 4.69) is 0 Å². The maximum Gasteiger partial charge on any atom is 0.209 e. The van der Waals surface area contributed by atoms with Crippen molar-refractivity contribution in [3.8, 4) is 0 Å². The van der Waals surface area contributed by atoms with E-state index in [0.29, 0.717) is 16.7 Å². The Balaban J connectivity index is 1.68. The van der Waals surface area contributed by atoms with Crippen LogP contribution in [0.25, 0.3) is 0 Å². The van der Waals surface area contributed by atoms with E-state index in [4.69, 9.17) is 20.9 Å². The summed E-state index contributed by atoms with van der Waals surface area (Å²) in [7, 11) is 0. The summed E-state index contributed by atoms with van der Waals surface area (Å²) in [6, 6.07) is 36.7. The van der Waals surface area contributed by atoms with Crippen molar-refractivity contribution in [2.45, 2.75) is 61.0 Å². The number of rotatable bonds is 10. The van der Waals surface area contributed by atoms with Crippen LogP contribution in [0, 0.1) is 0 Å². The van der Waals surface area contributed by atoms with Crippen molar-refractivity contribution in [3.63, 3.8) is 0 Å². The first-order chi connectivity index (χ1) is 19.8. The Hall–Kier alpha value is -3.07. The summed E-state index contributed by atoms with van der Waals surface area (Å²) in [4.78, 5) is 0. The van der Waals surface area contributed by atoms with Gasteiger partial charge in [0.25, 0.3) is 0 Å². The van der Waals surface area contributed by atoms with Gasteiger partial charge >= 0.3 is 0 Å². The molecule has 0 amide bonds. The second kappa shape index (κ2) is 12.4. The lowest BCUT2D eigenvalue weighted by atomic mass is 9.59. The van der Waals surface area contributed by atoms with Gasteiger partial charge in [0.15, 0.2) is 5.60 Å². The molecule has 5 rings (SSSR count). The highest BCUT2D eigenvalue weighted by molar-refractivity contribution is 6.07. The van der Waals surface area contributed by atoms with E-state index in [-0.39, 0.29) is 25.7 Å². The van der Waals surface area contributed by atoms with E-state index in [1.54, 1.807) is 12.1 Å². The molecule has 6 nitrogen and oxygen atoms in total. The largest absolute Gasteiger partial charge is 0.390 e. The summed E-state index contributed by atoms with van der Waals surface area (Å²) in [6.45, 7) is 0. The lowest BCUT2D eigenvalue weighted by Gasteiger charge is -2.61. The minimum Gasteiger partial charge on any atom is -0.390 e. The Labute approximate surface area is 245 Å². The molecule has 0 spiro atoms. The van der Waals surface area contributed by atoms with Crippen LogP contribution in [0.15, 0.2) is 121 Å². The second-order valence-corrected chi connectivity index (χ2v) is 11.1. The molecule has 1 heterocycles. The van der Waals surface area contributed by atoms with Gasteiger partial charge in [0.05, 0.1) is 18.0 Å². The van der Waals surface area contributed by atoms with Crippen LogP contribution in [0.4, 0.5) is 0 Å². The fraction of sp³-hybridized carbons (Fsp3) is 0.294. The number of benzene rings is 4. The number of aliphatic hydroxyl groups is 4. The molecular weight excluding hydrogens is 540 g/mol. The third-order valence-electron chi connectivity index (χ3n) is 8.22. The number of ether oxygens (including phenoxy) is 1. The molecule has 0 saturated carbocycles. The van der Waals surface area contributed by atoms with E-state index < -0.39 is 35.3 Å². The molecule has 0 bridgehead atoms. The molecule has 0 aliphatic carbocycles. The van der Waals surface area contributed by atoms with Crippen LogP contribution in [0.3, 0.4) is 0 Å². The first kappa shape index (κ1) is 29.4. The monoisotopic (exact) mass is 574 g/mol. The van der Waals surface area contributed by atoms with Crippen molar-refractivity contribution in [2.75, 3.05) is 0 Å². The minimum atomic E-state index is -2.31. The van der Waals surface area contributed by atoms with Gasteiger partial charge in [-0.05, 0) is 22.3 Å². The van der Waals surface area contributed by atoms with Crippen molar-refractivity contribution in [2.24, 2.45) is 0 Å². The highest BCUT2D eigenvalue weighted by Gasteiger charge is 2.73. The van der Waals surface area contributed by atoms with Gasteiger partial charge in [-0.1, -0.05) is 121 Å². The minimum absolute atomic E-state index is 0.121. The summed E-state index contributed by atoms with van der Waals surface area (Å²) in [5.41, 5.74) is -3.91. The fourth-order valence-corrected chi connectivity index (χ4v) is 6.31. The molecule has 41 heavy (non-hydrogen) atoms. The normalized spacial score (nSPS) is 28.7. The smallest absolute Gasteiger partial charge is 0.209 e. The van der Waals surface area contributed by atoms with Crippen molar-refractivity contribution in [1.82, 2.24) is 0 Å². The first-order valence-corrected chi connectivity index (χ1v) is 14.0. The van der Waals surface area contributed by atoms with E-state index >= 15 is 0 Å². The van der Waals surface area contributed by atoms with Gasteiger partial charge in [0, 0.05) is 25.7 Å². The molecule has 7 heteroatoms. The molecule has 1 unspecified atom stereocenters. The zero-order valence-electron chi connectivity index (χ0n) is 22.6. The lowest BCUT2D eigenvalue weighted by molar-refractivity contribution is -0.395. The van der Waals surface area contributed by atoms with E-state index in [0.717, 1.165) is 5.56 Å². The molecule has 4 N–H and O–H groups in total. The molecule has 4 aromatic rings. The molecule has 1 fully saturated rings. The van der Waals surface area contributed by atoms with Gasteiger partial charge in [-0.15, -0.1) is 0 Å². The van der Waals surface area contributed by atoms with Crippen LogP contribution < -0.4 is 0 Å². The highest BCUT2D eigenvalue weighted by atomic mass is 35.5. The van der Waals surface area contributed by atoms with Gasteiger partial charge in [0.2, 0.25) is 6.29 Å². The molecule has 4 aromatic carbocycles. The summed E-state index contributed by atoms with van der Waals surface area (Å²) in [5, 5.41) is 50.0. The highest BCUT2D eigenvalue weighted by Crippen LogP contribution is 2.51. The van der Waals surface area contributed by atoms with Crippen LogP contribution in [-0.4, -0.2) is 55.7 Å². The predicted octanol–water partition coefficient (Wildman–Crippen LogP) is 4.41.